The average Bonchev–Trinajstić information content (AvgIpc) is 2.19. The van der Waals surface area contributed by atoms with Crippen LogP contribution in [-0.4, -0.2) is 11.1 Å². The summed E-state index contributed by atoms with van der Waals surface area (Å²) in [5.41, 5.74) is 2.03. The summed E-state index contributed by atoms with van der Waals surface area (Å²) < 4.78 is 0.658. The Morgan fingerprint density at radius 3 is 2.60 bits per heavy atom. The predicted octanol–water partition coefficient (Wildman–Crippen LogP) is 2.84. The van der Waals surface area contributed by atoms with E-state index in [0.717, 1.165) is 5.56 Å². The van der Waals surface area contributed by atoms with Gasteiger partial charge >= 0.3 is 5.97 Å². The molecule has 0 atom stereocenters. The van der Waals surface area contributed by atoms with E-state index in [1.165, 1.54) is 0 Å². The third-order valence-corrected chi connectivity index (χ3v) is 3.22. The van der Waals surface area contributed by atoms with E-state index in [-0.39, 0.29) is 6.42 Å². The molecule has 0 fully saturated rings. The van der Waals surface area contributed by atoms with Gasteiger partial charge in [-0.15, -0.1) is 0 Å². The Kier molecular flexibility index (Phi) is 4.30. The van der Waals surface area contributed by atoms with E-state index in [9.17, 15) is 4.79 Å². The molecule has 0 aliphatic carbocycles. The van der Waals surface area contributed by atoms with E-state index in [4.69, 9.17) is 10.4 Å². The minimum absolute atomic E-state index is 0.0493. The number of hydrogen-bond acceptors (Lipinski definition) is 2. The van der Waals surface area contributed by atoms with Gasteiger partial charge in [0.2, 0.25) is 0 Å². The molecule has 3 nitrogen and oxygen atoms in total. The van der Waals surface area contributed by atoms with E-state index in [1.807, 2.05) is 0 Å². The monoisotopic (exact) mass is 331 g/mol. The van der Waals surface area contributed by atoms with Crippen molar-refractivity contribution >= 4 is 37.8 Å². The summed E-state index contributed by atoms with van der Waals surface area (Å²) in [6, 6.07) is 5.44. The average molecular weight is 333 g/mol. The van der Waals surface area contributed by atoms with Gasteiger partial charge in [0.1, 0.15) is 0 Å². The summed E-state index contributed by atoms with van der Waals surface area (Å²) in [7, 11) is 0. The number of carboxylic acids is 1. The van der Waals surface area contributed by atoms with Crippen molar-refractivity contribution in [3.05, 3.63) is 33.3 Å². The van der Waals surface area contributed by atoms with Crippen LogP contribution in [0.3, 0.4) is 0 Å². The maximum Gasteiger partial charge on any atom is 0.307 e. The minimum atomic E-state index is -0.888. The molecule has 0 saturated carbocycles. The number of alkyl halides is 1. The van der Waals surface area contributed by atoms with Crippen molar-refractivity contribution in [2.24, 2.45) is 0 Å². The van der Waals surface area contributed by atoms with Gasteiger partial charge in [-0.05, 0) is 17.2 Å². The largest absolute Gasteiger partial charge is 0.481 e. The Bertz CT molecular complexity index is 438. The maximum absolute atomic E-state index is 10.6. The van der Waals surface area contributed by atoms with Gasteiger partial charge in [0.25, 0.3) is 0 Å². The zero-order chi connectivity index (χ0) is 11.4. The van der Waals surface area contributed by atoms with Crippen LogP contribution in [-0.2, 0) is 16.5 Å². The van der Waals surface area contributed by atoms with Gasteiger partial charge in [-0.1, -0.05) is 37.9 Å². The van der Waals surface area contributed by atoms with Crippen molar-refractivity contribution in [1.29, 1.82) is 5.26 Å². The first kappa shape index (κ1) is 12.2. The number of halogens is 2. The normalized spacial score (nSPS) is 9.67. The highest BCUT2D eigenvalue weighted by atomic mass is 79.9. The van der Waals surface area contributed by atoms with Crippen LogP contribution >= 0.6 is 31.9 Å². The highest BCUT2D eigenvalue weighted by Crippen LogP contribution is 2.24. The number of nitriles is 1. The molecule has 0 aliphatic heterocycles. The molecule has 0 aromatic heterocycles. The van der Waals surface area contributed by atoms with Gasteiger partial charge in [-0.2, -0.15) is 5.26 Å². The fourth-order valence-electron chi connectivity index (χ4n) is 1.18. The summed E-state index contributed by atoms with van der Waals surface area (Å²) in [4.78, 5) is 10.6. The standard InChI is InChI=1S/C10H7Br2NO2/c11-4-7-1-6(3-10(14)15)9(12)2-8(7)5-13/h1-2H,3-4H2,(H,14,15). The first-order chi connectivity index (χ1) is 7.08. The number of hydrogen-bond donors (Lipinski definition) is 1. The fourth-order valence-corrected chi connectivity index (χ4v) is 2.13. The number of nitrogens with zero attached hydrogens (tertiary/aromatic N) is 1. The van der Waals surface area contributed by atoms with Gasteiger partial charge in [0, 0.05) is 9.80 Å². The minimum Gasteiger partial charge on any atom is -0.481 e. The third-order valence-electron chi connectivity index (χ3n) is 1.88. The molecule has 1 aromatic carbocycles. The van der Waals surface area contributed by atoms with Crippen LogP contribution < -0.4 is 0 Å². The van der Waals surface area contributed by atoms with Gasteiger partial charge in [-0.3, -0.25) is 4.79 Å². The summed E-state index contributed by atoms with van der Waals surface area (Å²) in [5.74, 6) is -0.888. The van der Waals surface area contributed by atoms with Crippen molar-refractivity contribution in [2.45, 2.75) is 11.8 Å². The molecular formula is C10H7Br2NO2. The van der Waals surface area contributed by atoms with Crippen LogP contribution in [0.15, 0.2) is 16.6 Å². The summed E-state index contributed by atoms with van der Waals surface area (Å²) in [6.45, 7) is 0. The molecular weight excluding hydrogens is 326 g/mol. The quantitative estimate of drug-likeness (QED) is 0.866. The number of benzene rings is 1. The molecule has 1 aromatic rings. The number of carboxylic acid groups (broad SMARTS) is 1. The molecule has 1 rings (SSSR count). The van der Waals surface area contributed by atoms with Crippen LogP contribution in [0.2, 0.25) is 0 Å². The Hall–Kier alpha value is -0.860. The number of carbonyl (C=O) groups is 1. The van der Waals surface area contributed by atoms with Crippen LogP contribution in [0.1, 0.15) is 16.7 Å². The van der Waals surface area contributed by atoms with E-state index in [1.54, 1.807) is 12.1 Å². The van der Waals surface area contributed by atoms with Gasteiger partial charge < -0.3 is 5.11 Å². The molecule has 0 unspecified atom stereocenters. The van der Waals surface area contributed by atoms with Crippen LogP contribution in [0.5, 0.6) is 0 Å². The third kappa shape index (κ3) is 3.05. The topological polar surface area (TPSA) is 61.1 Å². The molecule has 0 heterocycles. The molecule has 0 spiro atoms. The molecule has 1 N–H and O–H groups in total. The summed E-state index contributed by atoms with van der Waals surface area (Å²) >= 11 is 6.51. The lowest BCUT2D eigenvalue weighted by Crippen LogP contribution is -2.02. The Balaban J connectivity index is 3.21. The Morgan fingerprint density at radius 1 is 1.47 bits per heavy atom. The smallest absolute Gasteiger partial charge is 0.307 e. The lowest BCUT2D eigenvalue weighted by Gasteiger charge is -2.06. The van der Waals surface area contributed by atoms with Crippen molar-refractivity contribution < 1.29 is 9.90 Å². The highest BCUT2D eigenvalue weighted by molar-refractivity contribution is 9.10. The van der Waals surface area contributed by atoms with E-state index in [0.29, 0.717) is 20.9 Å². The molecule has 0 aliphatic rings. The fraction of sp³-hybridized carbons (Fsp3) is 0.200. The summed E-state index contributed by atoms with van der Waals surface area (Å²) in [6.07, 6.45) is -0.0493. The SMILES string of the molecule is N#Cc1cc(Br)c(CC(=O)O)cc1CBr. The molecule has 0 saturated heterocycles. The molecule has 15 heavy (non-hydrogen) atoms. The van der Waals surface area contributed by atoms with Crippen LogP contribution in [0, 0.1) is 11.3 Å². The van der Waals surface area contributed by atoms with Crippen molar-refractivity contribution in [2.75, 3.05) is 0 Å². The van der Waals surface area contributed by atoms with E-state index >= 15 is 0 Å². The van der Waals surface area contributed by atoms with E-state index in [2.05, 4.69) is 37.9 Å². The number of aliphatic carboxylic acids is 1. The van der Waals surface area contributed by atoms with Crippen LogP contribution in [0.25, 0.3) is 0 Å². The molecule has 0 radical (unpaired) electrons. The first-order valence-electron chi connectivity index (χ1n) is 4.07. The van der Waals surface area contributed by atoms with Gasteiger partial charge in [-0.25, -0.2) is 0 Å². The van der Waals surface area contributed by atoms with Crippen molar-refractivity contribution in [3.8, 4) is 6.07 Å². The van der Waals surface area contributed by atoms with Crippen molar-refractivity contribution in [1.82, 2.24) is 0 Å². The second kappa shape index (κ2) is 5.29. The zero-order valence-corrected chi connectivity index (χ0v) is 10.8. The van der Waals surface area contributed by atoms with E-state index < -0.39 is 5.97 Å². The second-order valence-corrected chi connectivity index (χ2v) is 4.33. The first-order valence-corrected chi connectivity index (χ1v) is 5.99. The Labute approximate surface area is 104 Å². The van der Waals surface area contributed by atoms with Gasteiger partial charge in [0.15, 0.2) is 0 Å². The van der Waals surface area contributed by atoms with Crippen molar-refractivity contribution in [3.63, 3.8) is 0 Å². The Morgan fingerprint density at radius 2 is 2.13 bits per heavy atom. The van der Waals surface area contributed by atoms with Gasteiger partial charge in [0.05, 0.1) is 18.1 Å². The predicted molar refractivity (Wildman–Crippen MR) is 62.8 cm³/mol. The number of rotatable bonds is 3. The molecule has 0 amide bonds. The lowest BCUT2D eigenvalue weighted by molar-refractivity contribution is -0.136. The second-order valence-electron chi connectivity index (χ2n) is 2.92. The van der Waals surface area contributed by atoms with Crippen LogP contribution in [0.4, 0.5) is 0 Å². The molecule has 5 heteroatoms. The lowest BCUT2D eigenvalue weighted by atomic mass is 10.0. The zero-order valence-electron chi connectivity index (χ0n) is 7.63. The maximum atomic E-state index is 10.6. The molecule has 78 valence electrons. The molecule has 0 bridgehead atoms. The highest BCUT2D eigenvalue weighted by Gasteiger charge is 2.10. The summed E-state index contributed by atoms with van der Waals surface area (Å²) in [5, 5.41) is 18.1.